The van der Waals surface area contributed by atoms with E-state index >= 15 is 0 Å². The molecular formula is C9H9N2O2. The van der Waals surface area contributed by atoms with Gasteiger partial charge in [0.2, 0.25) is 6.29 Å². The number of carbonyl (C=O) groups is 1. The minimum absolute atomic E-state index is 0.140. The minimum atomic E-state index is -0.658. The van der Waals surface area contributed by atoms with Crippen LogP contribution < -0.4 is 10.6 Å². The zero-order valence-electron chi connectivity index (χ0n) is 6.93. The van der Waals surface area contributed by atoms with Crippen molar-refractivity contribution in [2.24, 2.45) is 5.73 Å². The number of nitrogens with two attached hydrogens (primary N) is 1. The van der Waals surface area contributed by atoms with Crippen molar-refractivity contribution in [2.45, 2.75) is 0 Å². The third-order valence-corrected chi connectivity index (χ3v) is 1.56. The monoisotopic (exact) mass is 177 g/mol. The predicted octanol–water partition coefficient (Wildman–Crippen LogP) is 0.681. The first-order valence-electron chi connectivity index (χ1n) is 3.72. The molecular weight excluding hydrogens is 168 g/mol. The summed E-state index contributed by atoms with van der Waals surface area (Å²) in [5.74, 6) is 0. The second-order valence-corrected chi connectivity index (χ2v) is 2.40. The summed E-state index contributed by atoms with van der Waals surface area (Å²) >= 11 is 0. The van der Waals surface area contributed by atoms with Crippen molar-refractivity contribution in [3.8, 4) is 0 Å². The van der Waals surface area contributed by atoms with E-state index in [1.54, 1.807) is 30.6 Å². The van der Waals surface area contributed by atoms with Crippen molar-refractivity contribution in [3.63, 3.8) is 0 Å². The number of benzene rings is 1. The Balaban J connectivity index is 2.88. The largest absolute Gasteiger partial charge is 0.351 e. The maximum atomic E-state index is 10.9. The Morgan fingerprint density at radius 1 is 1.38 bits per heavy atom. The first kappa shape index (κ1) is 9.25. The van der Waals surface area contributed by atoms with Crippen LogP contribution in [0, 0.1) is 0 Å². The van der Waals surface area contributed by atoms with E-state index in [4.69, 9.17) is 5.73 Å². The van der Waals surface area contributed by atoms with Crippen LogP contribution in [0.5, 0.6) is 0 Å². The molecule has 4 nitrogen and oxygen atoms in total. The van der Waals surface area contributed by atoms with Gasteiger partial charge in [-0.05, 0) is 12.1 Å². The van der Waals surface area contributed by atoms with Gasteiger partial charge in [0.25, 0.3) is 0 Å². The van der Waals surface area contributed by atoms with Crippen LogP contribution in [-0.4, -0.2) is 18.9 Å². The summed E-state index contributed by atoms with van der Waals surface area (Å²) in [4.78, 5) is 22.1. The highest BCUT2D eigenvalue weighted by Gasteiger charge is 2.10. The van der Waals surface area contributed by atoms with Crippen molar-refractivity contribution in [2.75, 3.05) is 11.4 Å². The standard InChI is InChI=1S/C9H9N2O2/c10-9(13)11(6-7-12)8-4-2-1-3-5-8/h1-5H,6H2,(H2,10,13). The Morgan fingerprint density at radius 2 is 2.00 bits per heavy atom. The number of amides is 2. The average molecular weight is 177 g/mol. The fourth-order valence-electron chi connectivity index (χ4n) is 0.969. The lowest BCUT2D eigenvalue weighted by molar-refractivity contribution is 0.254. The van der Waals surface area contributed by atoms with Gasteiger partial charge in [-0.3, -0.25) is 9.69 Å². The molecule has 67 valence electrons. The van der Waals surface area contributed by atoms with Crippen LogP contribution in [0.3, 0.4) is 0 Å². The number of rotatable bonds is 3. The lowest BCUT2D eigenvalue weighted by Gasteiger charge is -2.16. The maximum Gasteiger partial charge on any atom is 0.319 e. The number of primary amides is 1. The molecule has 13 heavy (non-hydrogen) atoms. The fourth-order valence-corrected chi connectivity index (χ4v) is 0.969. The van der Waals surface area contributed by atoms with E-state index in [9.17, 15) is 9.59 Å². The molecule has 1 radical (unpaired) electrons. The number of hydrogen-bond acceptors (Lipinski definition) is 2. The molecule has 1 aromatic carbocycles. The topological polar surface area (TPSA) is 63.4 Å². The molecule has 0 fully saturated rings. The second-order valence-electron chi connectivity index (χ2n) is 2.40. The van der Waals surface area contributed by atoms with Gasteiger partial charge in [-0.2, -0.15) is 0 Å². The van der Waals surface area contributed by atoms with Crippen molar-refractivity contribution in [3.05, 3.63) is 30.3 Å². The van der Waals surface area contributed by atoms with E-state index < -0.39 is 6.03 Å². The smallest absolute Gasteiger partial charge is 0.319 e. The molecule has 1 aromatic rings. The number of hydrogen-bond donors (Lipinski definition) is 1. The van der Waals surface area contributed by atoms with Gasteiger partial charge in [0.1, 0.15) is 0 Å². The molecule has 1 rings (SSSR count). The molecule has 0 aromatic heterocycles. The fraction of sp³-hybridized carbons (Fsp3) is 0.111. The van der Waals surface area contributed by atoms with Crippen LogP contribution >= 0.6 is 0 Å². The number of para-hydroxylation sites is 1. The van der Waals surface area contributed by atoms with Crippen LogP contribution in [-0.2, 0) is 4.79 Å². The van der Waals surface area contributed by atoms with E-state index in [2.05, 4.69) is 0 Å². The second kappa shape index (κ2) is 4.25. The van der Waals surface area contributed by atoms with E-state index in [1.807, 2.05) is 6.07 Å². The molecule has 0 aliphatic rings. The number of urea groups is 1. The van der Waals surface area contributed by atoms with Crippen molar-refractivity contribution >= 4 is 18.0 Å². The van der Waals surface area contributed by atoms with Crippen LogP contribution in [0.15, 0.2) is 30.3 Å². The molecule has 2 N–H and O–H groups in total. The first-order valence-corrected chi connectivity index (χ1v) is 3.72. The number of anilines is 1. The first-order chi connectivity index (χ1) is 6.25. The van der Waals surface area contributed by atoms with E-state index in [0.717, 1.165) is 4.90 Å². The SMILES string of the molecule is NC(=O)N(C[C]=O)c1ccccc1. The predicted molar refractivity (Wildman–Crippen MR) is 49.1 cm³/mol. The van der Waals surface area contributed by atoms with Gasteiger partial charge in [0.15, 0.2) is 0 Å². The summed E-state index contributed by atoms with van der Waals surface area (Å²) in [6.45, 7) is -0.140. The normalized spacial score (nSPS) is 9.23. The molecule has 0 spiro atoms. The lowest BCUT2D eigenvalue weighted by atomic mass is 10.3. The van der Waals surface area contributed by atoms with E-state index in [1.165, 1.54) is 0 Å². The summed E-state index contributed by atoms with van der Waals surface area (Å²) < 4.78 is 0. The highest BCUT2D eigenvalue weighted by molar-refractivity contribution is 5.93. The Bertz CT molecular complexity index is 298. The van der Waals surface area contributed by atoms with Crippen molar-refractivity contribution in [1.82, 2.24) is 0 Å². The molecule has 0 heterocycles. The summed E-state index contributed by atoms with van der Waals surface area (Å²) in [5.41, 5.74) is 5.66. The zero-order valence-corrected chi connectivity index (χ0v) is 6.93. The highest BCUT2D eigenvalue weighted by atomic mass is 16.2. The molecule has 0 unspecified atom stereocenters. The van der Waals surface area contributed by atoms with Crippen molar-refractivity contribution < 1.29 is 9.59 Å². The highest BCUT2D eigenvalue weighted by Crippen LogP contribution is 2.11. The van der Waals surface area contributed by atoms with Gasteiger partial charge in [0, 0.05) is 5.69 Å². The van der Waals surface area contributed by atoms with Crippen LogP contribution in [0.2, 0.25) is 0 Å². The van der Waals surface area contributed by atoms with Gasteiger partial charge < -0.3 is 5.73 Å². The number of carbonyl (C=O) groups excluding carboxylic acids is 2. The molecule has 0 atom stereocenters. The number of nitrogens with zero attached hydrogens (tertiary/aromatic N) is 1. The van der Waals surface area contributed by atoms with Gasteiger partial charge in [-0.15, -0.1) is 0 Å². The van der Waals surface area contributed by atoms with Crippen LogP contribution in [0.25, 0.3) is 0 Å². The zero-order chi connectivity index (χ0) is 9.68. The molecule has 0 aliphatic heterocycles. The van der Waals surface area contributed by atoms with Gasteiger partial charge in [-0.25, -0.2) is 4.79 Å². The average Bonchev–Trinajstić information content (AvgIpc) is 2.15. The Morgan fingerprint density at radius 3 is 2.46 bits per heavy atom. The third kappa shape index (κ3) is 2.30. The summed E-state index contributed by atoms with van der Waals surface area (Å²) in [7, 11) is 0. The van der Waals surface area contributed by atoms with Gasteiger partial charge in [0.05, 0.1) is 6.54 Å². The summed E-state index contributed by atoms with van der Waals surface area (Å²) in [6.07, 6.45) is 1.62. The molecule has 0 aliphatic carbocycles. The van der Waals surface area contributed by atoms with Gasteiger partial charge >= 0.3 is 6.03 Å². The Hall–Kier alpha value is -1.84. The molecule has 0 bridgehead atoms. The van der Waals surface area contributed by atoms with Gasteiger partial charge in [-0.1, -0.05) is 18.2 Å². The Kier molecular flexibility index (Phi) is 3.03. The maximum absolute atomic E-state index is 10.9. The van der Waals surface area contributed by atoms with Crippen LogP contribution in [0.1, 0.15) is 0 Å². The molecule has 4 heteroatoms. The summed E-state index contributed by atoms with van der Waals surface area (Å²) in [6, 6.07) is 8.07. The molecule has 2 amide bonds. The quantitative estimate of drug-likeness (QED) is 0.737. The van der Waals surface area contributed by atoms with Crippen molar-refractivity contribution in [1.29, 1.82) is 0 Å². The Labute approximate surface area is 75.9 Å². The molecule has 0 saturated heterocycles. The van der Waals surface area contributed by atoms with Crippen LogP contribution in [0.4, 0.5) is 10.5 Å². The lowest BCUT2D eigenvalue weighted by Crippen LogP contribution is -2.36. The summed E-state index contributed by atoms with van der Waals surface area (Å²) in [5, 5.41) is 0. The van der Waals surface area contributed by atoms with E-state index in [-0.39, 0.29) is 6.54 Å². The third-order valence-electron chi connectivity index (χ3n) is 1.56. The minimum Gasteiger partial charge on any atom is -0.351 e. The van der Waals surface area contributed by atoms with E-state index in [0.29, 0.717) is 5.69 Å². The molecule has 0 saturated carbocycles.